The van der Waals surface area contributed by atoms with Gasteiger partial charge >= 0.3 is 0 Å². The molecule has 0 bridgehead atoms. The summed E-state index contributed by atoms with van der Waals surface area (Å²) in [6.07, 6.45) is 13.1. The molecule has 2 rings (SSSR count). The Bertz CT molecular complexity index is 862. The Balaban J connectivity index is -0.000000517. The van der Waals surface area contributed by atoms with E-state index in [2.05, 4.69) is 79.2 Å². The van der Waals surface area contributed by atoms with Crippen molar-refractivity contribution in [3.8, 4) is 0 Å². The Morgan fingerprint density at radius 3 is 2.00 bits per heavy atom. The van der Waals surface area contributed by atoms with E-state index in [0.717, 1.165) is 51.3 Å². The van der Waals surface area contributed by atoms with Gasteiger partial charge < -0.3 is 15.6 Å². The van der Waals surface area contributed by atoms with Gasteiger partial charge in [0.15, 0.2) is 0 Å². The SMILES string of the molecule is C=CC/C(=C\C)CCC1=NC=C(C(C)(C)C)C1.CC(=O)CCCc1ccc(N)cc1.CC(C)(C)C.CO.[HH]. The third-order valence-corrected chi connectivity index (χ3v) is 5.28. The molecule has 1 aliphatic rings. The smallest absolute Gasteiger partial charge is 0.129 e. The first-order chi connectivity index (χ1) is 17.2. The number of aryl methyl sites for hydroxylation is 1. The average Bonchev–Trinajstić information content (AvgIpc) is 3.28. The fraction of sp³-hybridized carbons (Fsp3) is 0.576. The molecule has 1 aromatic rings. The normalized spacial score (nSPS) is 13.0. The number of nitrogens with zero attached hydrogens (tertiary/aromatic N) is 1. The number of Topliss-reactive ketones (excluding diaryl/α,β-unsaturated/α-hetero) is 1. The first-order valence-corrected chi connectivity index (χ1v) is 13.4. The number of rotatable bonds is 9. The van der Waals surface area contributed by atoms with Gasteiger partial charge in [-0.15, -0.1) is 6.58 Å². The molecule has 3 N–H and O–H groups in total. The van der Waals surface area contributed by atoms with Gasteiger partial charge in [0.05, 0.1) is 0 Å². The molecule has 4 heteroatoms. The van der Waals surface area contributed by atoms with Crippen molar-refractivity contribution < 1.29 is 11.3 Å². The monoisotopic (exact) mass is 514 g/mol. The Morgan fingerprint density at radius 2 is 1.59 bits per heavy atom. The van der Waals surface area contributed by atoms with Crippen molar-refractivity contribution in [2.45, 2.75) is 107 Å². The number of allylic oxidation sites excluding steroid dienone is 4. The summed E-state index contributed by atoms with van der Waals surface area (Å²) >= 11 is 0. The van der Waals surface area contributed by atoms with Crippen LogP contribution in [-0.4, -0.2) is 23.7 Å². The van der Waals surface area contributed by atoms with E-state index < -0.39 is 0 Å². The number of carbonyl (C=O) groups excluding carboxylic acids is 1. The molecule has 1 aromatic carbocycles. The van der Waals surface area contributed by atoms with Crippen LogP contribution in [0.5, 0.6) is 0 Å². The Hall–Kier alpha value is -2.46. The molecule has 0 amide bonds. The molecule has 0 unspecified atom stereocenters. The van der Waals surface area contributed by atoms with Gasteiger partial charge in [-0.3, -0.25) is 4.99 Å². The highest BCUT2D eigenvalue weighted by molar-refractivity contribution is 5.89. The zero-order valence-electron chi connectivity index (χ0n) is 25.6. The number of benzene rings is 1. The highest BCUT2D eigenvalue weighted by Crippen LogP contribution is 2.32. The number of anilines is 1. The average molecular weight is 515 g/mol. The van der Waals surface area contributed by atoms with E-state index >= 15 is 0 Å². The first kappa shape index (κ1) is 36.7. The minimum Gasteiger partial charge on any atom is -0.400 e. The van der Waals surface area contributed by atoms with Crippen LogP contribution >= 0.6 is 0 Å². The van der Waals surface area contributed by atoms with Crippen LogP contribution < -0.4 is 5.73 Å². The number of carbonyl (C=O) groups is 1. The van der Waals surface area contributed by atoms with E-state index in [1.165, 1.54) is 22.4 Å². The minimum absolute atomic E-state index is 0. The second kappa shape index (κ2) is 19.6. The van der Waals surface area contributed by atoms with Crippen molar-refractivity contribution in [1.82, 2.24) is 0 Å². The van der Waals surface area contributed by atoms with Crippen LogP contribution in [0.4, 0.5) is 5.69 Å². The lowest BCUT2D eigenvalue weighted by Crippen LogP contribution is -2.10. The maximum atomic E-state index is 10.7. The third-order valence-electron chi connectivity index (χ3n) is 5.28. The van der Waals surface area contributed by atoms with Crippen LogP contribution in [0, 0.1) is 10.8 Å². The number of hydrogen-bond donors (Lipinski definition) is 2. The molecule has 0 radical (unpaired) electrons. The van der Waals surface area contributed by atoms with Crippen molar-refractivity contribution in [2.75, 3.05) is 12.8 Å². The predicted octanol–water partition coefficient (Wildman–Crippen LogP) is 9.15. The lowest BCUT2D eigenvalue weighted by atomic mass is 9.84. The molecule has 1 aliphatic heterocycles. The topological polar surface area (TPSA) is 75.7 Å². The maximum absolute atomic E-state index is 10.7. The lowest BCUT2D eigenvalue weighted by Gasteiger charge is -2.19. The van der Waals surface area contributed by atoms with E-state index in [1.54, 1.807) is 6.92 Å². The second-order valence-electron chi connectivity index (χ2n) is 12.0. The van der Waals surface area contributed by atoms with E-state index in [9.17, 15) is 4.79 Å². The standard InChI is InChI=1S/C16H25N.C11H15NO.C5H12.CH4O.H2/c1-6-8-13(7-2)9-10-15-11-14(12-17-15)16(3,4)5;1-9(13)3-2-4-10-5-7-11(12)8-6-10;1-5(2,3)4;1-2;/h6-7,12H,1,8-11H2,2-5H3;5-8H,2-4,12H2,1H3;1-4H3;2H,1H3;1H/b13-7+;;;;. The van der Waals surface area contributed by atoms with Crippen LogP contribution in [0.3, 0.4) is 0 Å². The van der Waals surface area contributed by atoms with E-state index in [-0.39, 0.29) is 12.6 Å². The number of nitrogens with two attached hydrogens (primary N) is 1. The molecule has 0 saturated heterocycles. The van der Waals surface area contributed by atoms with Crippen LogP contribution in [0.15, 0.2) is 65.3 Å². The van der Waals surface area contributed by atoms with Crippen LogP contribution in [-0.2, 0) is 11.2 Å². The van der Waals surface area contributed by atoms with Gasteiger partial charge in [-0.1, -0.05) is 78.3 Å². The fourth-order valence-corrected chi connectivity index (χ4v) is 3.17. The summed E-state index contributed by atoms with van der Waals surface area (Å²) < 4.78 is 0. The van der Waals surface area contributed by atoms with Crippen molar-refractivity contribution in [3.05, 3.63) is 65.9 Å². The summed E-state index contributed by atoms with van der Waals surface area (Å²) in [5, 5.41) is 7.00. The van der Waals surface area contributed by atoms with Gasteiger partial charge in [0.1, 0.15) is 5.78 Å². The molecule has 0 spiro atoms. The number of aliphatic imine (C=N–C) groups is 1. The van der Waals surface area contributed by atoms with Crippen molar-refractivity contribution in [3.63, 3.8) is 0 Å². The van der Waals surface area contributed by atoms with Crippen molar-refractivity contribution >= 4 is 17.2 Å². The minimum atomic E-state index is 0. The molecule has 0 saturated carbocycles. The van der Waals surface area contributed by atoms with Crippen LogP contribution in [0.1, 0.15) is 108 Å². The molecule has 0 fully saturated rings. The van der Waals surface area contributed by atoms with Crippen LogP contribution in [0.25, 0.3) is 0 Å². The van der Waals surface area contributed by atoms with Gasteiger partial charge in [0.25, 0.3) is 0 Å². The van der Waals surface area contributed by atoms with Gasteiger partial charge in [0.2, 0.25) is 0 Å². The van der Waals surface area contributed by atoms with Gasteiger partial charge in [-0.25, -0.2) is 0 Å². The summed E-state index contributed by atoms with van der Waals surface area (Å²) in [5.74, 6) is 0.260. The number of aliphatic hydroxyl groups excluding tert-OH is 1. The van der Waals surface area contributed by atoms with E-state index in [0.29, 0.717) is 11.8 Å². The van der Waals surface area contributed by atoms with E-state index in [1.807, 2.05) is 30.3 Å². The Kier molecular flexibility index (Phi) is 19.5. The Labute approximate surface area is 230 Å². The van der Waals surface area contributed by atoms with Crippen molar-refractivity contribution in [1.29, 1.82) is 0 Å². The summed E-state index contributed by atoms with van der Waals surface area (Å²) in [7, 11) is 1.00. The third kappa shape index (κ3) is 22.5. The zero-order chi connectivity index (χ0) is 29.1. The maximum Gasteiger partial charge on any atom is 0.129 e. The molecular weight excluding hydrogens is 456 g/mol. The number of nitrogen functional groups attached to an aromatic ring is 1. The molecule has 37 heavy (non-hydrogen) atoms. The molecule has 0 aromatic heterocycles. The molecular formula is C33H58N2O2. The molecule has 0 atom stereocenters. The predicted molar refractivity (Wildman–Crippen MR) is 167 cm³/mol. The van der Waals surface area contributed by atoms with E-state index in [4.69, 9.17) is 10.8 Å². The number of hydrogen-bond acceptors (Lipinski definition) is 4. The summed E-state index contributed by atoms with van der Waals surface area (Å²) in [4.78, 5) is 15.2. The van der Waals surface area contributed by atoms with Gasteiger partial charge in [-0.05, 0) is 80.1 Å². The molecule has 1 heterocycles. The largest absolute Gasteiger partial charge is 0.400 e. The van der Waals surface area contributed by atoms with Crippen LogP contribution in [0.2, 0.25) is 0 Å². The fourth-order valence-electron chi connectivity index (χ4n) is 3.17. The lowest BCUT2D eigenvalue weighted by molar-refractivity contribution is -0.117. The summed E-state index contributed by atoms with van der Waals surface area (Å²) in [6, 6.07) is 7.80. The number of aliphatic hydroxyl groups is 1. The molecule has 0 aliphatic carbocycles. The summed E-state index contributed by atoms with van der Waals surface area (Å²) in [6.45, 7) is 23.0. The van der Waals surface area contributed by atoms with Gasteiger partial charge in [-0.2, -0.15) is 0 Å². The molecule has 212 valence electrons. The zero-order valence-corrected chi connectivity index (χ0v) is 25.6. The van der Waals surface area contributed by atoms with Gasteiger partial charge in [0, 0.05) is 39.0 Å². The molecule has 4 nitrogen and oxygen atoms in total. The quantitative estimate of drug-likeness (QED) is 0.255. The first-order valence-electron chi connectivity index (χ1n) is 13.4. The summed E-state index contributed by atoms with van der Waals surface area (Å²) in [5.41, 5.74) is 12.6. The Morgan fingerprint density at radius 1 is 1.05 bits per heavy atom. The highest BCUT2D eigenvalue weighted by atomic mass is 16.2. The van der Waals surface area contributed by atoms with Crippen molar-refractivity contribution in [2.24, 2.45) is 15.8 Å². The number of ketones is 1. The second-order valence-corrected chi connectivity index (χ2v) is 12.0. The highest BCUT2D eigenvalue weighted by Gasteiger charge is 2.21.